The largest absolute Gasteiger partial charge is 0.631 e. The topological polar surface area (TPSA) is 101 Å². The molecule has 0 saturated carbocycles. The lowest BCUT2D eigenvalue weighted by Gasteiger charge is -2.35. The van der Waals surface area contributed by atoms with Gasteiger partial charge in [0.05, 0.1) is 11.2 Å². The van der Waals surface area contributed by atoms with E-state index in [1.807, 2.05) is 6.92 Å². The minimum atomic E-state index is -2.17. The van der Waals surface area contributed by atoms with Crippen molar-refractivity contribution >= 4 is 7.32 Å². The van der Waals surface area contributed by atoms with Crippen molar-refractivity contribution in [3.8, 4) is 0 Å². The van der Waals surface area contributed by atoms with Gasteiger partial charge in [-0.2, -0.15) is 0 Å². The van der Waals surface area contributed by atoms with Crippen molar-refractivity contribution in [2.75, 3.05) is 0 Å². The van der Waals surface area contributed by atoms with Crippen molar-refractivity contribution in [3.05, 3.63) is 0 Å². The summed E-state index contributed by atoms with van der Waals surface area (Å²) in [6.45, 7) is 6.90. The fourth-order valence-electron chi connectivity index (χ4n) is 0.793. The van der Waals surface area contributed by atoms with Gasteiger partial charge in [0.15, 0.2) is 0 Å². The molecule has 0 aliphatic carbocycles. The molecule has 6 heteroatoms. The number of rotatable bonds is 3. The van der Waals surface area contributed by atoms with Gasteiger partial charge in [-0.25, -0.2) is 0 Å². The van der Waals surface area contributed by atoms with Gasteiger partial charge in [0.25, 0.3) is 0 Å². The molecule has 1 unspecified atom stereocenters. The van der Waals surface area contributed by atoms with E-state index in [0.717, 1.165) is 6.42 Å². The van der Waals surface area contributed by atoms with E-state index in [9.17, 15) is 10.2 Å². The lowest BCUT2D eigenvalue weighted by Crippen LogP contribution is -2.47. The van der Waals surface area contributed by atoms with Crippen LogP contribution in [-0.4, -0.2) is 43.8 Å². The van der Waals surface area contributed by atoms with Crippen molar-refractivity contribution in [1.29, 1.82) is 0 Å². The highest BCUT2D eigenvalue weighted by Gasteiger charge is 2.36. The Labute approximate surface area is 85.2 Å². The Hall–Kier alpha value is -0.135. The maximum Gasteiger partial charge on any atom is 0.631 e. The minimum absolute atomic E-state index is 0.635. The van der Waals surface area contributed by atoms with Crippen LogP contribution in [0.2, 0.25) is 0 Å². The van der Waals surface area contributed by atoms with E-state index in [2.05, 4.69) is 0 Å². The molecule has 14 heavy (non-hydrogen) atoms. The van der Waals surface area contributed by atoms with Crippen LogP contribution < -0.4 is 0 Å². The Balaban J connectivity index is 0. The van der Waals surface area contributed by atoms with Gasteiger partial charge < -0.3 is 25.3 Å². The third-order valence-corrected chi connectivity index (χ3v) is 2.05. The Bertz CT molecular complexity index is 138. The van der Waals surface area contributed by atoms with Crippen LogP contribution in [0.25, 0.3) is 0 Å². The van der Waals surface area contributed by atoms with Crippen LogP contribution in [0.4, 0.5) is 0 Å². The Morgan fingerprint density at radius 3 is 1.36 bits per heavy atom. The first-order valence-corrected chi connectivity index (χ1v) is 4.53. The lowest BCUT2D eigenvalue weighted by atomic mass is 9.84. The first kappa shape index (κ1) is 16.3. The molecule has 0 heterocycles. The van der Waals surface area contributed by atoms with E-state index in [-0.39, 0.29) is 0 Å². The zero-order valence-corrected chi connectivity index (χ0v) is 9.23. The zero-order chi connectivity index (χ0) is 12.0. The van der Waals surface area contributed by atoms with E-state index in [0.29, 0.717) is 6.42 Å². The summed E-state index contributed by atoms with van der Waals surface area (Å²) >= 11 is 0. The summed E-state index contributed by atoms with van der Waals surface area (Å²) in [7, 11) is -2.17. The van der Waals surface area contributed by atoms with Crippen molar-refractivity contribution < 1.29 is 25.3 Å². The molecular formula is C8H21BO5. The maximum absolute atomic E-state index is 9.60. The summed E-state index contributed by atoms with van der Waals surface area (Å²) < 4.78 is 0. The molecule has 0 aromatic rings. The van der Waals surface area contributed by atoms with Crippen LogP contribution in [0.5, 0.6) is 0 Å². The summed E-state index contributed by atoms with van der Waals surface area (Å²) in [4.78, 5) is 0. The van der Waals surface area contributed by atoms with Crippen LogP contribution >= 0.6 is 0 Å². The summed E-state index contributed by atoms with van der Waals surface area (Å²) in [5, 5.41) is 40.5. The van der Waals surface area contributed by atoms with Crippen molar-refractivity contribution in [2.45, 2.75) is 51.7 Å². The molecule has 0 aromatic carbocycles. The van der Waals surface area contributed by atoms with E-state index in [4.69, 9.17) is 15.1 Å². The third-order valence-electron chi connectivity index (χ3n) is 2.05. The molecule has 0 amide bonds. The Morgan fingerprint density at radius 1 is 1.00 bits per heavy atom. The highest BCUT2D eigenvalue weighted by Crippen LogP contribution is 2.25. The number of hydrogen-bond acceptors (Lipinski definition) is 5. The molecule has 0 radical (unpaired) electrons. The maximum atomic E-state index is 9.60. The molecule has 0 spiro atoms. The first-order chi connectivity index (χ1) is 6.04. The molecule has 0 aromatic heterocycles. The molecule has 0 fully saturated rings. The predicted molar refractivity (Wildman–Crippen MR) is 54.2 cm³/mol. The highest BCUT2D eigenvalue weighted by atomic mass is 16.5. The van der Waals surface area contributed by atoms with Gasteiger partial charge in [0, 0.05) is 0 Å². The molecule has 0 rings (SSSR count). The van der Waals surface area contributed by atoms with Crippen LogP contribution in [0.15, 0.2) is 0 Å². The van der Waals surface area contributed by atoms with E-state index >= 15 is 0 Å². The van der Waals surface area contributed by atoms with Crippen molar-refractivity contribution in [3.63, 3.8) is 0 Å². The number of aliphatic hydroxyl groups is 2. The average Bonchev–Trinajstić information content (AvgIpc) is 1.82. The molecule has 86 valence electrons. The molecular weight excluding hydrogens is 187 g/mol. The third kappa shape index (κ3) is 8.46. The predicted octanol–water partition coefficient (Wildman–Crippen LogP) is -0.743. The first-order valence-electron chi connectivity index (χ1n) is 4.53. The van der Waals surface area contributed by atoms with Crippen LogP contribution in [-0.2, 0) is 0 Å². The van der Waals surface area contributed by atoms with Gasteiger partial charge in [-0.1, -0.05) is 13.3 Å². The van der Waals surface area contributed by atoms with E-state index in [1.165, 1.54) is 0 Å². The molecule has 0 aliphatic rings. The standard InChI is InChI=1S/C8H18O2.BH3O3/c1-5-6-8(4,10)7(2,3)9;2-1(3)4/h9-10H,5-6H2,1-4H3;2-4H. The van der Waals surface area contributed by atoms with Crippen LogP contribution in [0, 0.1) is 0 Å². The fourth-order valence-corrected chi connectivity index (χ4v) is 0.793. The smallest absolute Gasteiger partial charge is 0.402 e. The Kier molecular flexibility index (Phi) is 7.41. The quantitative estimate of drug-likeness (QED) is 0.393. The van der Waals surface area contributed by atoms with E-state index in [1.54, 1.807) is 20.8 Å². The second kappa shape index (κ2) is 6.37. The molecule has 1 atom stereocenters. The van der Waals surface area contributed by atoms with Crippen molar-refractivity contribution in [1.82, 2.24) is 0 Å². The highest BCUT2D eigenvalue weighted by molar-refractivity contribution is 6.30. The molecule has 0 saturated heterocycles. The summed E-state index contributed by atoms with van der Waals surface area (Å²) in [5.74, 6) is 0. The second-order valence-electron chi connectivity index (χ2n) is 3.93. The number of hydrogen-bond donors (Lipinski definition) is 5. The van der Waals surface area contributed by atoms with Crippen molar-refractivity contribution in [2.24, 2.45) is 0 Å². The monoisotopic (exact) mass is 208 g/mol. The average molecular weight is 208 g/mol. The summed E-state index contributed by atoms with van der Waals surface area (Å²) in [6, 6.07) is 0. The van der Waals surface area contributed by atoms with Gasteiger partial charge in [0.2, 0.25) is 0 Å². The SMILES string of the molecule is CCCC(C)(O)C(C)(C)O.OB(O)O. The van der Waals surface area contributed by atoms with Gasteiger partial charge in [-0.15, -0.1) is 0 Å². The molecule has 5 N–H and O–H groups in total. The van der Waals surface area contributed by atoms with Gasteiger partial charge in [-0.3, -0.25) is 0 Å². The van der Waals surface area contributed by atoms with Crippen LogP contribution in [0.1, 0.15) is 40.5 Å². The molecule has 0 aliphatic heterocycles. The second-order valence-corrected chi connectivity index (χ2v) is 3.93. The minimum Gasteiger partial charge on any atom is -0.402 e. The summed E-state index contributed by atoms with van der Waals surface area (Å²) in [5.41, 5.74) is -1.95. The van der Waals surface area contributed by atoms with E-state index < -0.39 is 18.5 Å². The van der Waals surface area contributed by atoms with Gasteiger partial charge in [0.1, 0.15) is 0 Å². The summed E-state index contributed by atoms with van der Waals surface area (Å²) in [6.07, 6.45) is 1.52. The lowest BCUT2D eigenvalue weighted by molar-refractivity contribution is -0.123. The fraction of sp³-hybridized carbons (Fsp3) is 1.00. The normalized spacial score (nSPS) is 15.2. The van der Waals surface area contributed by atoms with Crippen LogP contribution in [0.3, 0.4) is 0 Å². The molecule has 5 nitrogen and oxygen atoms in total. The molecule has 0 bridgehead atoms. The zero-order valence-electron chi connectivity index (χ0n) is 9.23. The van der Waals surface area contributed by atoms with Gasteiger partial charge >= 0.3 is 7.32 Å². The Morgan fingerprint density at radius 2 is 1.29 bits per heavy atom. The van der Waals surface area contributed by atoms with Gasteiger partial charge in [-0.05, 0) is 27.2 Å².